The summed E-state index contributed by atoms with van der Waals surface area (Å²) in [6.45, 7) is 0. The number of fused-ring (bicyclic) bond motifs is 1. The number of ketones is 1. The van der Waals surface area contributed by atoms with E-state index in [2.05, 4.69) is 5.16 Å². The SMILES string of the molecule is COC1=CC2ON=C(c3ccccc3OC)C2C(=O)C1(OC)OC. The van der Waals surface area contributed by atoms with Gasteiger partial charge in [-0.05, 0) is 12.1 Å². The maximum atomic E-state index is 13.2. The lowest BCUT2D eigenvalue weighted by molar-refractivity contribution is -0.210. The van der Waals surface area contributed by atoms with Crippen LogP contribution < -0.4 is 4.74 Å². The van der Waals surface area contributed by atoms with Crippen LogP contribution in [-0.4, -0.2) is 51.8 Å². The van der Waals surface area contributed by atoms with E-state index < -0.39 is 17.8 Å². The second-order valence-corrected chi connectivity index (χ2v) is 5.35. The van der Waals surface area contributed by atoms with Crippen molar-refractivity contribution >= 4 is 11.5 Å². The molecule has 2 unspecified atom stereocenters. The van der Waals surface area contributed by atoms with E-state index in [9.17, 15) is 4.79 Å². The highest BCUT2D eigenvalue weighted by atomic mass is 16.7. The van der Waals surface area contributed by atoms with Crippen molar-refractivity contribution in [1.29, 1.82) is 0 Å². The Bertz CT molecular complexity index is 707. The van der Waals surface area contributed by atoms with E-state index in [1.807, 2.05) is 18.2 Å². The van der Waals surface area contributed by atoms with Gasteiger partial charge in [0.15, 0.2) is 11.9 Å². The van der Waals surface area contributed by atoms with Gasteiger partial charge in [-0.2, -0.15) is 0 Å². The fourth-order valence-electron chi connectivity index (χ4n) is 3.14. The Morgan fingerprint density at radius 2 is 1.79 bits per heavy atom. The summed E-state index contributed by atoms with van der Waals surface area (Å²) >= 11 is 0. The van der Waals surface area contributed by atoms with E-state index in [4.69, 9.17) is 23.8 Å². The molecule has 0 radical (unpaired) electrons. The zero-order valence-electron chi connectivity index (χ0n) is 13.9. The van der Waals surface area contributed by atoms with Gasteiger partial charge < -0.3 is 23.8 Å². The minimum atomic E-state index is -1.62. The molecule has 24 heavy (non-hydrogen) atoms. The summed E-state index contributed by atoms with van der Waals surface area (Å²) in [5.41, 5.74) is 1.17. The highest BCUT2D eigenvalue weighted by Gasteiger charge is 2.57. The number of carbonyl (C=O) groups excluding carboxylic acids is 1. The van der Waals surface area contributed by atoms with Crippen LogP contribution in [0.5, 0.6) is 5.75 Å². The first-order chi connectivity index (χ1) is 11.6. The number of ether oxygens (including phenoxy) is 4. The first-order valence-electron chi connectivity index (χ1n) is 7.41. The molecule has 1 aromatic rings. The van der Waals surface area contributed by atoms with Gasteiger partial charge in [0.2, 0.25) is 5.78 Å². The molecule has 0 spiro atoms. The Hall–Kier alpha value is -2.38. The van der Waals surface area contributed by atoms with Crippen molar-refractivity contribution in [2.24, 2.45) is 11.1 Å². The zero-order valence-corrected chi connectivity index (χ0v) is 13.9. The fourth-order valence-corrected chi connectivity index (χ4v) is 3.14. The van der Waals surface area contributed by atoms with Crippen molar-refractivity contribution in [3.63, 3.8) is 0 Å². The Balaban J connectivity index is 2.08. The molecule has 0 saturated carbocycles. The van der Waals surface area contributed by atoms with E-state index >= 15 is 0 Å². The maximum absolute atomic E-state index is 13.2. The van der Waals surface area contributed by atoms with Gasteiger partial charge in [-0.15, -0.1) is 0 Å². The van der Waals surface area contributed by atoms with Crippen molar-refractivity contribution in [2.75, 3.05) is 28.4 Å². The van der Waals surface area contributed by atoms with Crippen LogP contribution in [0.3, 0.4) is 0 Å². The normalized spacial score (nSPS) is 24.6. The maximum Gasteiger partial charge on any atom is 0.289 e. The molecule has 0 N–H and O–H groups in total. The lowest BCUT2D eigenvalue weighted by Gasteiger charge is -2.36. The summed E-state index contributed by atoms with van der Waals surface area (Å²) in [4.78, 5) is 18.6. The van der Waals surface area contributed by atoms with E-state index in [1.165, 1.54) is 21.3 Å². The minimum Gasteiger partial charge on any atom is -0.496 e. The van der Waals surface area contributed by atoms with Crippen LogP contribution in [-0.2, 0) is 23.8 Å². The molecule has 0 saturated heterocycles. The summed E-state index contributed by atoms with van der Waals surface area (Å²) in [5, 5.41) is 4.12. The van der Waals surface area contributed by atoms with Crippen LogP contribution in [0.15, 0.2) is 41.3 Å². The minimum absolute atomic E-state index is 0.246. The highest BCUT2D eigenvalue weighted by molar-refractivity contribution is 6.18. The standard InChI is InChI=1S/C17H19NO6/c1-20-11-8-6-5-7-10(11)15-14-12(24-18-15)9-13(21-2)17(22-3,23-4)16(14)19/h5-9,12,14H,1-4H3. The molecule has 7 nitrogen and oxygen atoms in total. The topological polar surface area (TPSA) is 75.6 Å². The van der Waals surface area contributed by atoms with Crippen molar-refractivity contribution < 1.29 is 28.6 Å². The summed E-state index contributed by atoms with van der Waals surface area (Å²) in [6.07, 6.45) is 1.08. The first kappa shape index (κ1) is 16.5. The molecule has 2 aliphatic rings. The molecule has 1 aromatic carbocycles. The predicted octanol–water partition coefficient (Wildman–Crippen LogP) is 1.52. The number of nitrogens with zero attached hydrogens (tertiary/aromatic N) is 1. The van der Waals surface area contributed by atoms with Gasteiger partial charge in [0.25, 0.3) is 5.79 Å². The lowest BCUT2D eigenvalue weighted by atomic mass is 9.80. The van der Waals surface area contributed by atoms with Gasteiger partial charge in [0.1, 0.15) is 17.4 Å². The zero-order chi connectivity index (χ0) is 17.3. The van der Waals surface area contributed by atoms with Crippen LogP contribution in [0.2, 0.25) is 0 Å². The molecule has 1 aliphatic carbocycles. The third kappa shape index (κ3) is 2.20. The van der Waals surface area contributed by atoms with Gasteiger partial charge in [0, 0.05) is 25.9 Å². The Morgan fingerprint density at radius 1 is 1.08 bits per heavy atom. The van der Waals surface area contributed by atoms with E-state index in [-0.39, 0.29) is 11.5 Å². The Labute approximate surface area is 139 Å². The van der Waals surface area contributed by atoms with Gasteiger partial charge in [0.05, 0.1) is 14.2 Å². The Kier molecular flexibility index (Phi) is 4.29. The quantitative estimate of drug-likeness (QED) is 0.761. The molecule has 7 heteroatoms. The molecule has 0 bridgehead atoms. The largest absolute Gasteiger partial charge is 0.496 e. The van der Waals surface area contributed by atoms with Crippen molar-refractivity contribution in [1.82, 2.24) is 0 Å². The monoisotopic (exact) mass is 333 g/mol. The number of hydrogen-bond donors (Lipinski definition) is 0. The number of methoxy groups -OCH3 is 4. The third-order valence-corrected chi connectivity index (χ3v) is 4.32. The molecule has 1 aliphatic heterocycles. The number of Topliss-reactive ketones (excluding diaryl/α,β-unsaturated/α-hetero) is 1. The van der Waals surface area contributed by atoms with E-state index in [1.54, 1.807) is 19.3 Å². The smallest absolute Gasteiger partial charge is 0.289 e. The Morgan fingerprint density at radius 3 is 2.42 bits per heavy atom. The van der Waals surface area contributed by atoms with Gasteiger partial charge in [-0.3, -0.25) is 4.79 Å². The number of benzene rings is 1. The molecule has 0 amide bonds. The van der Waals surface area contributed by atoms with Crippen LogP contribution >= 0.6 is 0 Å². The predicted molar refractivity (Wildman–Crippen MR) is 84.7 cm³/mol. The highest BCUT2D eigenvalue weighted by Crippen LogP contribution is 2.40. The molecule has 1 heterocycles. The summed E-state index contributed by atoms with van der Waals surface area (Å²) in [5.74, 6) is -1.78. The first-order valence-corrected chi connectivity index (χ1v) is 7.41. The number of hydrogen-bond acceptors (Lipinski definition) is 7. The van der Waals surface area contributed by atoms with Gasteiger partial charge in [-0.1, -0.05) is 17.3 Å². The van der Waals surface area contributed by atoms with Crippen molar-refractivity contribution in [3.05, 3.63) is 41.7 Å². The average molecular weight is 333 g/mol. The fraction of sp³-hybridized carbons (Fsp3) is 0.412. The number of oxime groups is 1. The van der Waals surface area contributed by atoms with Crippen LogP contribution in [0, 0.1) is 5.92 Å². The molecule has 0 aromatic heterocycles. The molecule has 2 atom stereocenters. The second kappa shape index (κ2) is 6.26. The van der Waals surface area contributed by atoms with Crippen LogP contribution in [0.4, 0.5) is 0 Å². The van der Waals surface area contributed by atoms with Crippen molar-refractivity contribution in [2.45, 2.75) is 11.9 Å². The second-order valence-electron chi connectivity index (χ2n) is 5.35. The van der Waals surface area contributed by atoms with Crippen LogP contribution in [0.1, 0.15) is 5.56 Å². The molecule has 128 valence electrons. The average Bonchev–Trinajstić information content (AvgIpc) is 3.05. The molecule has 0 fully saturated rings. The summed E-state index contributed by atoms with van der Waals surface area (Å²) in [6, 6.07) is 7.32. The van der Waals surface area contributed by atoms with Gasteiger partial charge >= 0.3 is 0 Å². The molecule has 3 rings (SSSR count). The molecular weight excluding hydrogens is 314 g/mol. The van der Waals surface area contributed by atoms with E-state index in [0.717, 1.165) is 0 Å². The van der Waals surface area contributed by atoms with E-state index in [0.29, 0.717) is 17.0 Å². The van der Waals surface area contributed by atoms with Crippen molar-refractivity contribution in [3.8, 4) is 5.75 Å². The lowest BCUT2D eigenvalue weighted by Crippen LogP contribution is -2.55. The third-order valence-electron chi connectivity index (χ3n) is 4.32. The number of carbonyl (C=O) groups is 1. The number of para-hydroxylation sites is 1. The number of rotatable bonds is 5. The molecular formula is C17H19NO6. The van der Waals surface area contributed by atoms with Gasteiger partial charge in [-0.25, -0.2) is 0 Å². The van der Waals surface area contributed by atoms with Crippen LogP contribution in [0.25, 0.3) is 0 Å². The summed E-state index contributed by atoms with van der Waals surface area (Å²) in [7, 11) is 5.80. The summed E-state index contributed by atoms with van der Waals surface area (Å²) < 4.78 is 21.4.